The Morgan fingerprint density at radius 1 is 0.973 bits per heavy atom. The summed E-state index contributed by atoms with van der Waals surface area (Å²) in [5.41, 5.74) is -0.554. The fraction of sp³-hybridized carbons (Fsp3) is 0.111. The second-order valence-corrected chi connectivity index (χ2v) is 8.46. The number of esters is 1. The van der Waals surface area contributed by atoms with E-state index in [4.69, 9.17) is 16.3 Å². The van der Waals surface area contributed by atoms with Crippen molar-refractivity contribution in [3.8, 4) is 0 Å². The van der Waals surface area contributed by atoms with Crippen molar-refractivity contribution < 1.29 is 37.1 Å². The number of fused-ring (bicyclic) bond motifs is 1. The first-order valence-corrected chi connectivity index (χ1v) is 11.2. The topological polar surface area (TPSA) is 89.5 Å². The largest absolute Gasteiger partial charge is 0.453 e. The Bertz CT molecular complexity index is 1420. The number of hydrogen-bond donors (Lipinski definition) is 1. The molecule has 0 saturated heterocycles. The molecule has 1 aliphatic rings. The van der Waals surface area contributed by atoms with E-state index in [0.29, 0.717) is 11.6 Å². The average Bonchev–Trinajstić information content (AvgIpc) is 3.20. The molecule has 0 aliphatic carbocycles. The van der Waals surface area contributed by atoms with Gasteiger partial charge >= 0.3 is 12.1 Å². The highest BCUT2D eigenvalue weighted by Gasteiger charge is 2.45. The third-order valence-electron chi connectivity index (χ3n) is 5.61. The maximum absolute atomic E-state index is 13.2. The van der Waals surface area contributed by atoms with Gasteiger partial charge in [-0.15, -0.1) is 0 Å². The standard InChI is InChI=1S/C27H17ClF3NO5/c28-20-12-11-16(14-19(20)27(29,30)31)32-25(35)23(34)22(21(33)13-10-15-6-2-1-3-7-15)24-17-8-4-5-9-18(17)26(36)37-24/h1-14,22,24H,(H,32,35)/b13-10+/t22-,24+/m1/s1. The molecule has 3 aromatic carbocycles. The molecule has 0 radical (unpaired) electrons. The van der Waals surface area contributed by atoms with E-state index in [2.05, 4.69) is 5.32 Å². The van der Waals surface area contributed by atoms with Crippen molar-refractivity contribution in [1.82, 2.24) is 0 Å². The minimum absolute atomic E-state index is 0.137. The lowest BCUT2D eigenvalue weighted by Crippen LogP contribution is -2.37. The van der Waals surface area contributed by atoms with Gasteiger partial charge in [0, 0.05) is 11.3 Å². The molecule has 2 atom stereocenters. The first kappa shape index (κ1) is 25.8. The van der Waals surface area contributed by atoms with Crippen molar-refractivity contribution in [2.75, 3.05) is 5.32 Å². The molecule has 4 rings (SSSR count). The lowest BCUT2D eigenvalue weighted by Gasteiger charge is -2.20. The number of allylic oxidation sites excluding steroid dienone is 1. The molecule has 6 nitrogen and oxygen atoms in total. The summed E-state index contributed by atoms with van der Waals surface area (Å²) in [6.07, 6.45) is -3.68. The van der Waals surface area contributed by atoms with Crippen LogP contribution in [0.2, 0.25) is 5.02 Å². The summed E-state index contributed by atoms with van der Waals surface area (Å²) in [5.74, 6) is -6.03. The number of alkyl halides is 3. The highest BCUT2D eigenvalue weighted by Crippen LogP contribution is 2.38. The second kappa shape index (κ2) is 10.4. The number of hydrogen-bond acceptors (Lipinski definition) is 5. The van der Waals surface area contributed by atoms with E-state index in [1.807, 2.05) is 0 Å². The highest BCUT2D eigenvalue weighted by molar-refractivity contribution is 6.45. The summed E-state index contributed by atoms with van der Waals surface area (Å²) in [4.78, 5) is 51.6. The number of carbonyl (C=O) groups is 4. The number of carbonyl (C=O) groups excluding carboxylic acids is 4. The first-order chi connectivity index (χ1) is 17.6. The normalized spacial score (nSPS) is 15.7. The van der Waals surface area contributed by atoms with Gasteiger partial charge in [0.25, 0.3) is 5.91 Å². The van der Waals surface area contributed by atoms with Crippen LogP contribution < -0.4 is 5.32 Å². The van der Waals surface area contributed by atoms with Crippen LogP contribution >= 0.6 is 11.6 Å². The summed E-state index contributed by atoms with van der Waals surface area (Å²) in [7, 11) is 0. The number of anilines is 1. The van der Waals surface area contributed by atoms with Gasteiger partial charge in [0.15, 0.2) is 5.78 Å². The zero-order valence-corrected chi connectivity index (χ0v) is 19.5. The van der Waals surface area contributed by atoms with Crippen LogP contribution in [-0.2, 0) is 25.3 Å². The Labute approximate surface area is 213 Å². The summed E-state index contributed by atoms with van der Waals surface area (Å²) in [6.45, 7) is 0. The van der Waals surface area contributed by atoms with Crippen molar-refractivity contribution in [3.63, 3.8) is 0 Å². The minimum Gasteiger partial charge on any atom is -0.453 e. The Morgan fingerprint density at radius 3 is 2.35 bits per heavy atom. The Kier molecular flexibility index (Phi) is 7.26. The molecule has 1 aliphatic heterocycles. The maximum Gasteiger partial charge on any atom is 0.417 e. The number of cyclic esters (lactones) is 1. The van der Waals surface area contributed by atoms with Gasteiger partial charge in [-0.1, -0.05) is 66.2 Å². The number of benzene rings is 3. The fourth-order valence-corrected chi connectivity index (χ4v) is 4.06. The second-order valence-electron chi connectivity index (χ2n) is 8.05. The van der Waals surface area contributed by atoms with Gasteiger partial charge in [0.1, 0.15) is 12.0 Å². The third kappa shape index (κ3) is 5.62. The lowest BCUT2D eigenvalue weighted by atomic mass is 9.87. The molecule has 188 valence electrons. The van der Waals surface area contributed by atoms with E-state index in [-0.39, 0.29) is 16.8 Å². The molecule has 10 heteroatoms. The molecule has 1 N–H and O–H groups in total. The van der Waals surface area contributed by atoms with Gasteiger partial charge in [-0.25, -0.2) is 4.79 Å². The molecular weight excluding hydrogens is 511 g/mol. The van der Waals surface area contributed by atoms with E-state index < -0.39 is 52.2 Å². The highest BCUT2D eigenvalue weighted by atomic mass is 35.5. The van der Waals surface area contributed by atoms with Crippen molar-refractivity contribution in [2.24, 2.45) is 5.92 Å². The number of rotatable bonds is 7. The number of Topliss-reactive ketones (excluding diaryl/α,β-unsaturated/α-hetero) is 1. The SMILES string of the molecule is O=C(Nc1ccc(Cl)c(C(F)(F)F)c1)C(=O)[C@@H](C(=O)/C=C/c1ccccc1)[C@H]1OC(=O)c2ccccc21. The van der Waals surface area contributed by atoms with E-state index in [1.165, 1.54) is 18.2 Å². The van der Waals surface area contributed by atoms with Crippen LogP contribution in [0.5, 0.6) is 0 Å². The summed E-state index contributed by atoms with van der Waals surface area (Å²) in [5, 5.41) is 1.49. The number of nitrogens with one attached hydrogen (secondary N) is 1. The number of halogens is 4. The number of ether oxygens (including phenoxy) is 1. The minimum atomic E-state index is -4.80. The molecule has 0 saturated carbocycles. The predicted molar refractivity (Wildman–Crippen MR) is 129 cm³/mol. The Morgan fingerprint density at radius 2 is 1.65 bits per heavy atom. The lowest BCUT2D eigenvalue weighted by molar-refractivity contribution is -0.143. The van der Waals surface area contributed by atoms with Crippen LogP contribution in [0, 0.1) is 5.92 Å². The van der Waals surface area contributed by atoms with Crippen LogP contribution in [-0.4, -0.2) is 23.4 Å². The summed E-state index contributed by atoms with van der Waals surface area (Å²) < 4.78 is 44.9. The average molecular weight is 528 g/mol. The van der Waals surface area contributed by atoms with Crippen LogP contribution in [0.1, 0.15) is 33.2 Å². The number of ketones is 2. The number of amides is 1. The van der Waals surface area contributed by atoms with Crippen molar-refractivity contribution in [2.45, 2.75) is 12.3 Å². The van der Waals surface area contributed by atoms with E-state index in [9.17, 15) is 32.3 Å². The van der Waals surface area contributed by atoms with E-state index in [0.717, 1.165) is 18.2 Å². The monoisotopic (exact) mass is 527 g/mol. The molecule has 0 fully saturated rings. The van der Waals surface area contributed by atoms with Crippen LogP contribution in [0.3, 0.4) is 0 Å². The zero-order chi connectivity index (χ0) is 26.7. The smallest absolute Gasteiger partial charge is 0.417 e. The zero-order valence-electron chi connectivity index (χ0n) is 18.8. The van der Waals surface area contributed by atoms with Gasteiger partial charge in [-0.05, 0) is 35.9 Å². The Balaban J connectivity index is 1.66. The molecular formula is C27H17ClF3NO5. The van der Waals surface area contributed by atoms with Crippen molar-refractivity contribution in [1.29, 1.82) is 0 Å². The third-order valence-corrected chi connectivity index (χ3v) is 5.94. The van der Waals surface area contributed by atoms with Gasteiger partial charge in [0.2, 0.25) is 5.78 Å². The molecule has 0 aromatic heterocycles. The molecule has 0 unspecified atom stereocenters. The fourth-order valence-electron chi connectivity index (χ4n) is 3.84. The Hall–Kier alpha value is -4.24. The van der Waals surface area contributed by atoms with Gasteiger partial charge in [-0.3, -0.25) is 14.4 Å². The molecule has 1 heterocycles. The molecule has 37 heavy (non-hydrogen) atoms. The van der Waals surface area contributed by atoms with Crippen LogP contribution in [0.4, 0.5) is 18.9 Å². The van der Waals surface area contributed by atoms with Gasteiger partial charge in [-0.2, -0.15) is 13.2 Å². The molecule has 0 bridgehead atoms. The van der Waals surface area contributed by atoms with Gasteiger partial charge < -0.3 is 10.1 Å². The van der Waals surface area contributed by atoms with Gasteiger partial charge in [0.05, 0.1) is 16.1 Å². The van der Waals surface area contributed by atoms with E-state index in [1.54, 1.807) is 42.5 Å². The molecule has 0 spiro atoms. The maximum atomic E-state index is 13.2. The van der Waals surface area contributed by atoms with Crippen LogP contribution in [0.15, 0.2) is 78.9 Å². The van der Waals surface area contributed by atoms with Crippen molar-refractivity contribution >= 4 is 46.8 Å². The first-order valence-electron chi connectivity index (χ1n) is 10.8. The molecule has 3 aromatic rings. The summed E-state index contributed by atoms with van der Waals surface area (Å²) in [6, 6.07) is 17.3. The van der Waals surface area contributed by atoms with Crippen molar-refractivity contribution in [3.05, 3.63) is 106 Å². The predicted octanol–water partition coefficient (Wildman–Crippen LogP) is 5.68. The van der Waals surface area contributed by atoms with Crippen LogP contribution in [0.25, 0.3) is 6.08 Å². The van der Waals surface area contributed by atoms with E-state index >= 15 is 0 Å². The molecule has 1 amide bonds. The summed E-state index contributed by atoms with van der Waals surface area (Å²) >= 11 is 5.60. The quantitative estimate of drug-likeness (QED) is 0.185.